The minimum Gasteiger partial charge on any atom is -0.354 e. The molecular weight excluding hydrogens is 174 g/mol. The van der Waals surface area contributed by atoms with Crippen LogP contribution in [-0.4, -0.2) is 43.1 Å². The van der Waals surface area contributed by atoms with Gasteiger partial charge in [0.1, 0.15) is 5.82 Å². The summed E-state index contributed by atoms with van der Waals surface area (Å²) < 4.78 is 0. The largest absolute Gasteiger partial charge is 0.354 e. The Labute approximate surface area is 85.4 Å². The van der Waals surface area contributed by atoms with Crippen molar-refractivity contribution in [3.63, 3.8) is 0 Å². The normalized spacial score (nSPS) is 18.6. The lowest BCUT2D eigenvalue weighted by Crippen LogP contribution is -2.44. The third kappa shape index (κ3) is 2.04. The third-order valence-corrected chi connectivity index (χ3v) is 2.72. The van der Waals surface area contributed by atoms with Gasteiger partial charge in [-0.2, -0.15) is 0 Å². The van der Waals surface area contributed by atoms with Gasteiger partial charge < -0.3 is 9.80 Å². The van der Waals surface area contributed by atoms with Gasteiger partial charge in [0, 0.05) is 32.4 Å². The van der Waals surface area contributed by atoms with Crippen molar-refractivity contribution in [2.45, 2.75) is 6.92 Å². The van der Waals surface area contributed by atoms with Gasteiger partial charge in [-0.1, -0.05) is 6.07 Å². The highest BCUT2D eigenvalue weighted by molar-refractivity contribution is 5.39. The van der Waals surface area contributed by atoms with Crippen LogP contribution in [0, 0.1) is 6.92 Å². The Kier molecular flexibility index (Phi) is 2.68. The fraction of sp³-hybridized carbons (Fsp3) is 0.545. The molecule has 1 saturated heterocycles. The van der Waals surface area contributed by atoms with Crippen LogP contribution >= 0.6 is 0 Å². The van der Waals surface area contributed by atoms with E-state index >= 15 is 0 Å². The van der Waals surface area contributed by atoms with Crippen molar-refractivity contribution < 1.29 is 0 Å². The summed E-state index contributed by atoms with van der Waals surface area (Å²) in [4.78, 5) is 9.13. The maximum Gasteiger partial charge on any atom is 0.128 e. The van der Waals surface area contributed by atoms with Gasteiger partial charge in [0.15, 0.2) is 0 Å². The molecule has 2 heterocycles. The van der Waals surface area contributed by atoms with Gasteiger partial charge in [-0.15, -0.1) is 0 Å². The molecule has 1 aliphatic heterocycles. The molecule has 1 aromatic heterocycles. The molecule has 0 aliphatic carbocycles. The van der Waals surface area contributed by atoms with Gasteiger partial charge in [0.05, 0.1) is 0 Å². The van der Waals surface area contributed by atoms with Crippen molar-refractivity contribution in [2.75, 3.05) is 38.1 Å². The fourth-order valence-electron chi connectivity index (χ4n) is 1.68. The van der Waals surface area contributed by atoms with Crippen molar-refractivity contribution in [3.05, 3.63) is 23.9 Å². The Morgan fingerprint density at radius 3 is 2.43 bits per heavy atom. The molecule has 76 valence electrons. The maximum atomic E-state index is 4.43. The summed E-state index contributed by atoms with van der Waals surface area (Å²) in [6.45, 7) is 6.52. The van der Waals surface area contributed by atoms with Crippen molar-refractivity contribution >= 4 is 5.82 Å². The Bertz CT molecular complexity index is 286. The second-order valence-electron chi connectivity index (χ2n) is 3.98. The molecule has 0 radical (unpaired) electrons. The Morgan fingerprint density at radius 2 is 1.86 bits per heavy atom. The summed E-state index contributed by atoms with van der Waals surface area (Å²) in [6.07, 6.45) is 1.94. The number of aryl methyl sites for hydroxylation is 1. The summed E-state index contributed by atoms with van der Waals surface area (Å²) >= 11 is 0. The van der Waals surface area contributed by atoms with Crippen LogP contribution in [0.3, 0.4) is 0 Å². The average Bonchev–Trinajstić information content (AvgIpc) is 2.21. The SMILES string of the molecule is Cc1ccc(N2CCN(C)CC2)nc1. The number of rotatable bonds is 1. The second kappa shape index (κ2) is 3.96. The smallest absolute Gasteiger partial charge is 0.128 e. The average molecular weight is 191 g/mol. The van der Waals surface area contributed by atoms with Crippen LogP contribution in [0.4, 0.5) is 5.82 Å². The minimum absolute atomic E-state index is 1.09. The molecule has 0 aromatic carbocycles. The van der Waals surface area contributed by atoms with Crippen molar-refractivity contribution in [2.24, 2.45) is 0 Å². The minimum atomic E-state index is 1.09. The van der Waals surface area contributed by atoms with E-state index in [1.807, 2.05) is 6.20 Å². The quantitative estimate of drug-likeness (QED) is 0.663. The zero-order chi connectivity index (χ0) is 9.97. The molecule has 2 rings (SSSR count). The lowest BCUT2D eigenvalue weighted by molar-refractivity contribution is 0.312. The molecule has 14 heavy (non-hydrogen) atoms. The fourth-order valence-corrected chi connectivity index (χ4v) is 1.68. The maximum absolute atomic E-state index is 4.43. The molecular formula is C11H17N3. The van der Waals surface area contributed by atoms with Crippen LogP contribution < -0.4 is 4.90 Å². The number of piperazine rings is 1. The highest BCUT2D eigenvalue weighted by Crippen LogP contribution is 2.12. The standard InChI is InChI=1S/C11H17N3/c1-10-3-4-11(12-9-10)14-7-5-13(2)6-8-14/h3-4,9H,5-8H2,1-2H3. The molecule has 1 fully saturated rings. The van der Waals surface area contributed by atoms with Crippen LogP contribution in [0.15, 0.2) is 18.3 Å². The summed E-state index contributed by atoms with van der Waals surface area (Å²) in [5.41, 5.74) is 1.22. The zero-order valence-electron chi connectivity index (χ0n) is 8.90. The van der Waals surface area contributed by atoms with Crippen LogP contribution in [0.25, 0.3) is 0 Å². The van der Waals surface area contributed by atoms with Gasteiger partial charge in [0.2, 0.25) is 0 Å². The van der Waals surface area contributed by atoms with Crippen molar-refractivity contribution in [1.29, 1.82) is 0 Å². The van der Waals surface area contributed by atoms with Crippen molar-refractivity contribution in [3.8, 4) is 0 Å². The first-order valence-corrected chi connectivity index (χ1v) is 5.12. The first-order chi connectivity index (χ1) is 6.75. The molecule has 0 amide bonds. The number of likely N-dealkylation sites (N-methyl/N-ethyl adjacent to an activating group) is 1. The summed E-state index contributed by atoms with van der Waals surface area (Å²) in [5.74, 6) is 1.11. The van der Waals surface area contributed by atoms with Crippen LogP contribution in [-0.2, 0) is 0 Å². The van der Waals surface area contributed by atoms with E-state index in [-0.39, 0.29) is 0 Å². The van der Waals surface area contributed by atoms with Gasteiger partial charge in [-0.05, 0) is 25.6 Å². The van der Waals surface area contributed by atoms with Gasteiger partial charge in [-0.25, -0.2) is 4.98 Å². The number of pyridine rings is 1. The predicted octanol–water partition coefficient (Wildman–Crippen LogP) is 1.14. The van der Waals surface area contributed by atoms with Gasteiger partial charge in [0.25, 0.3) is 0 Å². The molecule has 3 heteroatoms. The summed E-state index contributed by atoms with van der Waals surface area (Å²) in [6, 6.07) is 4.24. The van der Waals surface area contributed by atoms with Gasteiger partial charge in [-0.3, -0.25) is 0 Å². The number of hydrogen-bond donors (Lipinski definition) is 0. The van der Waals surface area contributed by atoms with E-state index in [0.717, 1.165) is 32.0 Å². The molecule has 1 aliphatic rings. The lowest BCUT2D eigenvalue weighted by atomic mass is 10.3. The van der Waals surface area contributed by atoms with E-state index in [1.54, 1.807) is 0 Å². The molecule has 0 bridgehead atoms. The highest BCUT2D eigenvalue weighted by Gasteiger charge is 2.14. The van der Waals surface area contributed by atoms with Crippen molar-refractivity contribution in [1.82, 2.24) is 9.88 Å². The Hall–Kier alpha value is -1.09. The highest BCUT2D eigenvalue weighted by atomic mass is 15.3. The topological polar surface area (TPSA) is 19.4 Å². The first-order valence-electron chi connectivity index (χ1n) is 5.12. The molecule has 1 aromatic rings. The zero-order valence-corrected chi connectivity index (χ0v) is 8.90. The van der Waals surface area contributed by atoms with E-state index in [2.05, 4.69) is 40.9 Å². The molecule has 0 saturated carbocycles. The predicted molar refractivity (Wildman–Crippen MR) is 58.7 cm³/mol. The summed E-state index contributed by atoms with van der Waals surface area (Å²) in [7, 11) is 2.17. The molecule has 0 spiro atoms. The number of hydrogen-bond acceptors (Lipinski definition) is 3. The van der Waals surface area contributed by atoms with E-state index in [9.17, 15) is 0 Å². The number of nitrogens with zero attached hydrogens (tertiary/aromatic N) is 3. The molecule has 0 N–H and O–H groups in total. The Balaban J connectivity index is 2.05. The van der Waals surface area contributed by atoms with E-state index in [1.165, 1.54) is 5.56 Å². The molecule has 3 nitrogen and oxygen atoms in total. The van der Waals surface area contributed by atoms with E-state index in [0.29, 0.717) is 0 Å². The first kappa shape index (κ1) is 9.46. The van der Waals surface area contributed by atoms with Crippen LogP contribution in [0.5, 0.6) is 0 Å². The summed E-state index contributed by atoms with van der Waals surface area (Å²) in [5, 5.41) is 0. The number of anilines is 1. The lowest BCUT2D eigenvalue weighted by Gasteiger charge is -2.33. The molecule has 0 atom stereocenters. The van der Waals surface area contributed by atoms with Gasteiger partial charge >= 0.3 is 0 Å². The number of aromatic nitrogens is 1. The van der Waals surface area contributed by atoms with E-state index < -0.39 is 0 Å². The monoisotopic (exact) mass is 191 g/mol. The van der Waals surface area contributed by atoms with E-state index in [4.69, 9.17) is 0 Å². The third-order valence-electron chi connectivity index (χ3n) is 2.72. The second-order valence-corrected chi connectivity index (χ2v) is 3.98. The molecule has 0 unspecified atom stereocenters. The Morgan fingerprint density at radius 1 is 1.14 bits per heavy atom. The van der Waals surface area contributed by atoms with Crippen LogP contribution in [0.2, 0.25) is 0 Å². The van der Waals surface area contributed by atoms with Crippen LogP contribution in [0.1, 0.15) is 5.56 Å².